The second-order valence-electron chi connectivity index (χ2n) is 2.82. The van der Waals surface area contributed by atoms with Gasteiger partial charge in [-0.15, -0.1) is 0 Å². The van der Waals surface area contributed by atoms with Gasteiger partial charge in [0.25, 0.3) is 0 Å². The molecule has 0 spiro atoms. The number of rotatable bonds is 0. The lowest BCUT2D eigenvalue weighted by molar-refractivity contribution is 0.587. The van der Waals surface area contributed by atoms with E-state index in [2.05, 4.69) is 10.6 Å². The zero-order valence-corrected chi connectivity index (χ0v) is 6.49. The van der Waals surface area contributed by atoms with Crippen molar-refractivity contribution < 1.29 is 8.78 Å². The van der Waals surface area contributed by atoms with Crippen molar-refractivity contribution in [2.45, 2.75) is 13.1 Å². The highest BCUT2D eigenvalue weighted by Crippen LogP contribution is 2.31. The van der Waals surface area contributed by atoms with Gasteiger partial charge >= 0.3 is 0 Å². The normalized spacial score (nSPS) is 19.8. The lowest BCUT2D eigenvalue weighted by Crippen LogP contribution is -2.16. The van der Waals surface area contributed by atoms with Gasteiger partial charge in [-0.2, -0.15) is 0 Å². The fraction of sp³-hybridized carbons (Fsp3) is 0.250. The number of anilines is 2. The molecule has 4 heteroatoms. The molecule has 1 unspecified atom stereocenters. The van der Waals surface area contributed by atoms with Gasteiger partial charge in [-0.05, 0) is 13.0 Å². The summed E-state index contributed by atoms with van der Waals surface area (Å²) in [5.41, 5.74) is 0.837. The van der Waals surface area contributed by atoms with E-state index >= 15 is 0 Å². The molecule has 64 valence electrons. The largest absolute Gasteiger partial charge is 0.364 e. The number of halogens is 2. The van der Waals surface area contributed by atoms with E-state index in [-0.39, 0.29) is 6.17 Å². The van der Waals surface area contributed by atoms with Crippen LogP contribution in [0.3, 0.4) is 0 Å². The average molecular weight is 170 g/mol. The predicted molar refractivity (Wildman–Crippen MR) is 43.1 cm³/mol. The van der Waals surface area contributed by atoms with Crippen LogP contribution < -0.4 is 10.6 Å². The van der Waals surface area contributed by atoms with Crippen LogP contribution in [0.1, 0.15) is 6.92 Å². The Labute approximate surface area is 68.6 Å². The third-order valence-electron chi connectivity index (χ3n) is 1.79. The van der Waals surface area contributed by atoms with E-state index in [9.17, 15) is 8.78 Å². The molecule has 1 atom stereocenters. The summed E-state index contributed by atoms with van der Waals surface area (Å²) in [4.78, 5) is 0. The first-order valence-corrected chi connectivity index (χ1v) is 3.69. The first kappa shape index (κ1) is 7.34. The third-order valence-corrected chi connectivity index (χ3v) is 1.79. The van der Waals surface area contributed by atoms with E-state index in [0.29, 0.717) is 11.4 Å². The van der Waals surface area contributed by atoms with Crippen molar-refractivity contribution in [2.75, 3.05) is 10.6 Å². The first-order valence-electron chi connectivity index (χ1n) is 3.69. The fourth-order valence-electron chi connectivity index (χ4n) is 1.32. The molecule has 0 bridgehead atoms. The van der Waals surface area contributed by atoms with E-state index in [1.54, 1.807) is 0 Å². The molecule has 12 heavy (non-hydrogen) atoms. The molecule has 0 aliphatic carbocycles. The van der Waals surface area contributed by atoms with Crippen molar-refractivity contribution in [1.82, 2.24) is 0 Å². The zero-order valence-electron chi connectivity index (χ0n) is 6.49. The number of benzene rings is 1. The highest BCUT2D eigenvalue weighted by molar-refractivity contribution is 5.74. The SMILES string of the molecule is CC1Nc2cc(F)cc(F)c2N1. The molecule has 0 fully saturated rings. The molecule has 0 saturated carbocycles. The Morgan fingerprint density at radius 3 is 2.75 bits per heavy atom. The molecule has 1 aliphatic rings. The van der Waals surface area contributed by atoms with Gasteiger partial charge in [-0.3, -0.25) is 0 Å². The molecule has 2 rings (SSSR count). The summed E-state index contributed by atoms with van der Waals surface area (Å²) in [7, 11) is 0. The maximum absolute atomic E-state index is 13.0. The minimum absolute atomic E-state index is 0.0451. The lowest BCUT2D eigenvalue weighted by Gasteiger charge is -2.01. The van der Waals surface area contributed by atoms with Gasteiger partial charge in [0.2, 0.25) is 0 Å². The van der Waals surface area contributed by atoms with Gasteiger partial charge in [0.1, 0.15) is 5.82 Å². The van der Waals surface area contributed by atoms with Gasteiger partial charge in [-0.25, -0.2) is 8.78 Å². The topological polar surface area (TPSA) is 24.1 Å². The first-order chi connectivity index (χ1) is 5.66. The van der Waals surface area contributed by atoms with E-state index in [1.165, 1.54) is 6.07 Å². The molecule has 0 saturated heterocycles. The van der Waals surface area contributed by atoms with Crippen molar-refractivity contribution in [3.63, 3.8) is 0 Å². The number of nitrogens with one attached hydrogen (secondary N) is 2. The van der Waals surface area contributed by atoms with E-state index in [0.717, 1.165) is 6.07 Å². The van der Waals surface area contributed by atoms with Crippen LogP contribution >= 0.6 is 0 Å². The standard InChI is InChI=1S/C8H8F2N2/c1-4-11-7-3-5(9)2-6(10)8(7)12-4/h2-4,11-12H,1H3. The minimum Gasteiger partial charge on any atom is -0.364 e. The van der Waals surface area contributed by atoms with Crippen molar-refractivity contribution in [2.24, 2.45) is 0 Å². The zero-order chi connectivity index (χ0) is 8.72. The summed E-state index contributed by atoms with van der Waals surface area (Å²) >= 11 is 0. The Morgan fingerprint density at radius 2 is 2.00 bits per heavy atom. The molecule has 0 amide bonds. The van der Waals surface area contributed by atoms with Gasteiger partial charge in [0.15, 0.2) is 5.82 Å². The van der Waals surface area contributed by atoms with Crippen LogP contribution in [0.15, 0.2) is 12.1 Å². The Kier molecular flexibility index (Phi) is 1.43. The van der Waals surface area contributed by atoms with Gasteiger partial charge in [0.05, 0.1) is 17.5 Å². The molecule has 2 N–H and O–H groups in total. The smallest absolute Gasteiger partial charge is 0.151 e. The maximum Gasteiger partial charge on any atom is 0.151 e. The lowest BCUT2D eigenvalue weighted by atomic mass is 10.2. The van der Waals surface area contributed by atoms with Crippen LogP contribution in [-0.2, 0) is 0 Å². The Balaban J connectivity index is 2.52. The summed E-state index contributed by atoms with van der Waals surface area (Å²) in [6.45, 7) is 1.83. The Morgan fingerprint density at radius 1 is 1.25 bits per heavy atom. The Bertz CT molecular complexity index is 325. The van der Waals surface area contributed by atoms with Crippen molar-refractivity contribution >= 4 is 11.4 Å². The quantitative estimate of drug-likeness (QED) is 0.623. The summed E-state index contributed by atoms with van der Waals surface area (Å²) < 4.78 is 25.6. The monoisotopic (exact) mass is 170 g/mol. The van der Waals surface area contributed by atoms with Crippen LogP contribution in [0.4, 0.5) is 20.2 Å². The molecule has 2 nitrogen and oxygen atoms in total. The Hall–Kier alpha value is -1.32. The molecular formula is C8H8F2N2. The average Bonchev–Trinajstić information content (AvgIpc) is 2.29. The van der Waals surface area contributed by atoms with Crippen LogP contribution in [0.5, 0.6) is 0 Å². The van der Waals surface area contributed by atoms with Gasteiger partial charge < -0.3 is 10.6 Å². The van der Waals surface area contributed by atoms with E-state index in [4.69, 9.17) is 0 Å². The van der Waals surface area contributed by atoms with Gasteiger partial charge in [-0.1, -0.05) is 0 Å². The summed E-state index contributed by atoms with van der Waals surface area (Å²) in [5, 5.41) is 5.73. The molecule has 1 aromatic rings. The summed E-state index contributed by atoms with van der Waals surface area (Å²) in [6.07, 6.45) is -0.0451. The van der Waals surface area contributed by atoms with E-state index < -0.39 is 11.6 Å². The maximum atomic E-state index is 13.0. The highest BCUT2D eigenvalue weighted by atomic mass is 19.1. The highest BCUT2D eigenvalue weighted by Gasteiger charge is 2.19. The van der Waals surface area contributed by atoms with Crippen molar-refractivity contribution in [1.29, 1.82) is 0 Å². The molecule has 0 aromatic heterocycles. The minimum atomic E-state index is -0.561. The number of hydrogen-bond donors (Lipinski definition) is 2. The third kappa shape index (κ3) is 0.995. The van der Waals surface area contributed by atoms with Crippen molar-refractivity contribution in [3.8, 4) is 0 Å². The van der Waals surface area contributed by atoms with Crippen LogP contribution in [-0.4, -0.2) is 6.17 Å². The molecule has 0 radical (unpaired) electrons. The van der Waals surface area contributed by atoms with Crippen LogP contribution in [0.2, 0.25) is 0 Å². The fourth-order valence-corrected chi connectivity index (χ4v) is 1.32. The molecule has 1 aromatic carbocycles. The molecular weight excluding hydrogens is 162 g/mol. The molecule has 1 aliphatic heterocycles. The van der Waals surface area contributed by atoms with Crippen LogP contribution in [0, 0.1) is 11.6 Å². The van der Waals surface area contributed by atoms with Gasteiger partial charge in [0, 0.05) is 6.07 Å². The van der Waals surface area contributed by atoms with Crippen molar-refractivity contribution in [3.05, 3.63) is 23.8 Å². The van der Waals surface area contributed by atoms with E-state index in [1.807, 2.05) is 6.92 Å². The second kappa shape index (κ2) is 2.33. The molecule has 1 heterocycles. The van der Waals surface area contributed by atoms with Crippen LogP contribution in [0.25, 0.3) is 0 Å². The number of fused-ring (bicyclic) bond motifs is 1. The summed E-state index contributed by atoms with van der Waals surface area (Å²) in [5.74, 6) is -1.11. The summed E-state index contributed by atoms with van der Waals surface area (Å²) in [6, 6.07) is 2.14. The second-order valence-corrected chi connectivity index (χ2v) is 2.82. The number of hydrogen-bond acceptors (Lipinski definition) is 2. The predicted octanol–water partition coefficient (Wildman–Crippen LogP) is 2.15.